The van der Waals surface area contributed by atoms with E-state index in [0.717, 1.165) is 17.7 Å². The van der Waals surface area contributed by atoms with Crippen LogP contribution in [-0.4, -0.2) is 21.8 Å². The number of hydrogen-bond donors (Lipinski definition) is 2. The zero-order valence-electron chi connectivity index (χ0n) is 13.3. The summed E-state index contributed by atoms with van der Waals surface area (Å²) in [7, 11) is 0. The van der Waals surface area contributed by atoms with Crippen molar-refractivity contribution in [1.29, 1.82) is 0 Å². The summed E-state index contributed by atoms with van der Waals surface area (Å²) in [6.45, 7) is 1.87. The van der Waals surface area contributed by atoms with E-state index < -0.39 is 27.3 Å². The molecular formula is C16H16N4O5. The predicted octanol–water partition coefficient (Wildman–Crippen LogP) is 2.62. The molecule has 1 atom stereocenters. The molecule has 0 radical (unpaired) electrons. The van der Waals surface area contributed by atoms with Crippen LogP contribution >= 0.6 is 0 Å². The molecule has 9 nitrogen and oxygen atoms in total. The lowest BCUT2D eigenvalue weighted by Crippen LogP contribution is -2.37. The number of amides is 1. The monoisotopic (exact) mass is 344 g/mol. The van der Waals surface area contributed by atoms with Gasteiger partial charge in [0.05, 0.1) is 15.9 Å². The van der Waals surface area contributed by atoms with Crippen LogP contribution in [0.5, 0.6) is 0 Å². The quantitative estimate of drug-likeness (QED) is 0.587. The summed E-state index contributed by atoms with van der Waals surface area (Å²) < 4.78 is 0. The first-order valence-corrected chi connectivity index (χ1v) is 7.39. The number of benzene rings is 2. The Labute approximate surface area is 143 Å². The number of rotatable bonds is 7. The fraction of sp³-hybridized carbons (Fsp3) is 0.188. The van der Waals surface area contributed by atoms with Crippen molar-refractivity contribution in [2.75, 3.05) is 5.32 Å². The van der Waals surface area contributed by atoms with E-state index in [1.807, 2.05) is 30.3 Å². The maximum absolute atomic E-state index is 12.1. The van der Waals surface area contributed by atoms with Crippen molar-refractivity contribution in [3.8, 4) is 0 Å². The van der Waals surface area contributed by atoms with Crippen LogP contribution in [0.2, 0.25) is 0 Å². The highest BCUT2D eigenvalue weighted by molar-refractivity contribution is 5.85. The summed E-state index contributed by atoms with van der Waals surface area (Å²) in [4.78, 5) is 32.5. The minimum Gasteiger partial charge on any atom is -0.368 e. The average Bonchev–Trinajstić information content (AvgIpc) is 2.60. The topological polar surface area (TPSA) is 127 Å². The number of anilines is 1. The van der Waals surface area contributed by atoms with Crippen LogP contribution in [0.15, 0.2) is 48.5 Å². The molecule has 0 fully saturated rings. The molecule has 0 bridgehead atoms. The molecule has 0 saturated carbocycles. The van der Waals surface area contributed by atoms with Crippen molar-refractivity contribution in [2.45, 2.75) is 19.5 Å². The van der Waals surface area contributed by atoms with Crippen LogP contribution in [0.3, 0.4) is 0 Å². The third kappa shape index (κ3) is 4.74. The van der Waals surface area contributed by atoms with Gasteiger partial charge < -0.3 is 10.6 Å². The SMILES string of the molecule is CC(Nc1ccc([N+](=O)[O-])cc1[N+](=O)[O-])C(=O)NCc1ccccc1. The van der Waals surface area contributed by atoms with E-state index in [1.54, 1.807) is 6.92 Å². The highest BCUT2D eigenvalue weighted by Crippen LogP contribution is 2.29. The van der Waals surface area contributed by atoms with E-state index in [0.29, 0.717) is 6.54 Å². The van der Waals surface area contributed by atoms with Crippen LogP contribution in [0, 0.1) is 20.2 Å². The molecule has 0 aliphatic rings. The minimum absolute atomic E-state index is 0.0398. The number of nitrogens with zero attached hydrogens (tertiary/aromatic N) is 2. The number of nitrogens with one attached hydrogen (secondary N) is 2. The van der Waals surface area contributed by atoms with Gasteiger partial charge in [-0.15, -0.1) is 0 Å². The predicted molar refractivity (Wildman–Crippen MR) is 91.1 cm³/mol. The summed E-state index contributed by atoms with van der Waals surface area (Å²) in [5.41, 5.74) is 0.109. The maximum Gasteiger partial charge on any atom is 0.299 e. The van der Waals surface area contributed by atoms with Crippen molar-refractivity contribution in [1.82, 2.24) is 5.32 Å². The normalized spacial score (nSPS) is 11.4. The summed E-state index contributed by atoms with van der Waals surface area (Å²) in [5, 5.41) is 27.3. The molecule has 1 amide bonds. The highest BCUT2D eigenvalue weighted by atomic mass is 16.6. The molecule has 2 aromatic carbocycles. The first kappa shape index (κ1) is 17.9. The van der Waals surface area contributed by atoms with E-state index in [2.05, 4.69) is 10.6 Å². The Morgan fingerprint density at radius 2 is 1.76 bits per heavy atom. The van der Waals surface area contributed by atoms with Crippen molar-refractivity contribution in [3.63, 3.8) is 0 Å². The van der Waals surface area contributed by atoms with Gasteiger partial charge in [-0.2, -0.15) is 0 Å². The van der Waals surface area contributed by atoms with Gasteiger partial charge in [-0.25, -0.2) is 0 Å². The molecule has 9 heteroatoms. The second-order valence-electron chi connectivity index (χ2n) is 5.29. The molecule has 2 N–H and O–H groups in total. The van der Waals surface area contributed by atoms with Gasteiger partial charge in [0.25, 0.3) is 11.4 Å². The lowest BCUT2D eigenvalue weighted by Gasteiger charge is -2.15. The van der Waals surface area contributed by atoms with Gasteiger partial charge >= 0.3 is 0 Å². The lowest BCUT2D eigenvalue weighted by atomic mass is 10.2. The molecule has 0 saturated heterocycles. The van der Waals surface area contributed by atoms with Crippen LogP contribution < -0.4 is 10.6 Å². The molecule has 2 rings (SSSR count). The van der Waals surface area contributed by atoms with Gasteiger partial charge in [0.1, 0.15) is 11.7 Å². The highest BCUT2D eigenvalue weighted by Gasteiger charge is 2.22. The number of nitro benzene ring substituents is 2. The first-order chi connectivity index (χ1) is 11.9. The standard InChI is InChI=1S/C16H16N4O5/c1-11(16(21)17-10-12-5-3-2-4-6-12)18-14-8-7-13(19(22)23)9-15(14)20(24)25/h2-9,11,18H,10H2,1H3,(H,17,21). The van der Waals surface area contributed by atoms with Crippen molar-refractivity contribution in [2.24, 2.45) is 0 Å². The molecule has 1 unspecified atom stereocenters. The number of nitro groups is 2. The molecule has 25 heavy (non-hydrogen) atoms. The zero-order valence-corrected chi connectivity index (χ0v) is 13.3. The molecule has 2 aromatic rings. The third-order valence-corrected chi connectivity index (χ3v) is 3.46. The Morgan fingerprint density at radius 1 is 1.08 bits per heavy atom. The van der Waals surface area contributed by atoms with Crippen LogP contribution in [0.1, 0.15) is 12.5 Å². The molecule has 130 valence electrons. The van der Waals surface area contributed by atoms with Gasteiger partial charge in [-0.05, 0) is 18.6 Å². The molecule has 0 aliphatic heterocycles. The second-order valence-corrected chi connectivity index (χ2v) is 5.29. The van der Waals surface area contributed by atoms with E-state index in [1.165, 1.54) is 6.07 Å². The maximum atomic E-state index is 12.1. The Morgan fingerprint density at radius 3 is 2.36 bits per heavy atom. The smallest absolute Gasteiger partial charge is 0.299 e. The lowest BCUT2D eigenvalue weighted by molar-refractivity contribution is -0.393. The number of hydrogen-bond acceptors (Lipinski definition) is 6. The Hall–Kier alpha value is -3.49. The van der Waals surface area contributed by atoms with E-state index in [-0.39, 0.29) is 11.6 Å². The number of non-ortho nitro benzene ring substituents is 1. The summed E-state index contributed by atoms with van der Waals surface area (Å²) in [6.07, 6.45) is 0. The summed E-state index contributed by atoms with van der Waals surface area (Å²) in [5.74, 6) is -0.350. The molecule has 0 aliphatic carbocycles. The molecule has 0 spiro atoms. The Bertz CT molecular complexity index is 794. The zero-order chi connectivity index (χ0) is 18.4. The largest absolute Gasteiger partial charge is 0.368 e. The average molecular weight is 344 g/mol. The van der Waals surface area contributed by atoms with E-state index >= 15 is 0 Å². The van der Waals surface area contributed by atoms with E-state index in [4.69, 9.17) is 0 Å². The van der Waals surface area contributed by atoms with Gasteiger partial charge in [-0.3, -0.25) is 25.0 Å². The van der Waals surface area contributed by atoms with E-state index in [9.17, 15) is 25.0 Å². The Balaban J connectivity index is 2.06. The van der Waals surface area contributed by atoms with Crippen molar-refractivity contribution in [3.05, 3.63) is 74.3 Å². The van der Waals surface area contributed by atoms with Crippen LogP contribution in [0.4, 0.5) is 17.1 Å². The number of carbonyl (C=O) groups is 1. The molecular weight excluding hydrogens is 328 g/mol. The van der Waals surface area contributed by atoms with Gasteiger partial charge in [0.15, 0.2) is 0 Å². The minimum atomic E-state index is -0.760. The third-order valence-electron chi connectivity index (χ3n) is 3.46. The van der Waals surface area contributed by atoms with Crippen molar-refractivity contribution >= 4 is 23.0 Å². The van der Waals surface area contributed by atoms with Crippen LogP contribution in [-0.2, 0) is 11.3 Å². The number of carbonyl (C=O) groups excluding carboxylic acids is 1. The first-order valence-electron chi connectivity index (χ1n) is 7.39. The fourth-order valence-electron chi connectivity index (χ4n) is 2.14. The molecule has 0 heterocycles. The summed E-state index contributed by atoms with van der Waals surface area (Å²) >= 11 is 0. The van der Waals surface area contributed by atoms with Crippen LogP contribution in [0.25, 0.3) is 0 Å². The summed E-state index contributed by atoms with van der Waals surface area (Å²) in [6, 6.07) is 11.7. The van der Waals surface area contributed by atoms with Crippen molar-refractivity contribution < 1.29 is 14.6 Å². The van der Waals surface area contributed by atoms with Gasteiger partial charge in [0.2, 0.25) is 5.91 Å². The Kier molecular flexibility index (Phi) is 5.62. The second kappa shape index (κ2) is 7.86. The fourth-order valence-corrected chi connectivity index (χ4v) is 2.14. The van der Waals surface area contributed by atoms with Gasteiger partial charge in [0, 0.05) is 12.6 Å². The van der Waals surface area contributed by atoms with Gasteiger partial charge in [-0.1, -0.05) is 30.3 Å². The molecule has 0 aromatic heterocycles.